The number of rotatable bonds is 7. The number of ether oxygens (including phenoxy) is 2. The Hall–Kier alpha value is -5.24. The van der Waals surface area contributed by atoms with Crippen LogP contribution in [0.1, 0.15) is 58.1 Å². The molecule has 4 rings (SSSR count). The Morgan fingerprint density at radius 1 is 0.579 bits per heavy atom. The van der Waals surface area contributed by atoms with Crippen LogP contribution < -0.4 is 4.74 Å². The molecule has 0 amide bonds. The van der Waals surface area contributed by atoms with Crippen molar-refractivity contribution in [2.45, 2.75) is 6.92 Å². The van der Waals surface area contributed by atoms with Gasteiger partial charge < -0.3 is 19.7 Å². The van der Waals surface area contributed by atoms with Gasteiger partial charge in [0.2, 0.25) is 5.75 Å². The van der Waals surface area contributed by atoms with Crippen LogP contribution in [0, 0.1) is 6.92 Å². The van der Waals surface area contributed by atoms with Gasteiger partial charge >= 0.3 is 11.9 Å². The van der Waals surface area contributed by atoms with Gasteiger partial charge in [-0.1, -0.05) is 78.4 Å². The molecule has 0 radical (unpaired) electrons. The highest BCUT2D eigenvalue weighted by Crippen LogP contribution is 2.46. The van der Waals surface area contributed by atoms with Gasteiger partial charge in [0, 0.05) is 11.1 Å². The summed E-state index contributed by atoms with van der Waals surface area (Å²) in [4.78, 5) is 53.3. The van der Waals surface area contributed by atoms with Crippen LogP contribution in [0.3, 0.4) is 0 Å². The van der Waals surface area contributed by atoms with Crippen LogP contribution in [0.25, 0.3) is 0 Å². The van der Waals surface area contributed by atoms with Gasteiger partial charge in [-0.25, -0.2) is 9.59 Å². The maximum atomic E-state index is 13.8. The molecule has 0 saturated carbocycles. The molecule has 0 spiro atoms. The van der Waals surface area contributed by atoms with E-state index in [0.717, 1.165) is 12.7 Å². The van der Waals surface area contributed by atoms with Gasteiger partial charge in [-0.05, 0) is 19.1 Å². The molecule has 0 aromatic heterocycles. The number of aromatic hydroxyl groups is 2. The molecular weight excluding hydrogens is 488 g/mol. The van der Waals surface area contributed by atoms with Gasteiger partial charge in [-0.2, -0.15) is 0 Å². The summed E-state index contributed by atoms with van der Waals surface area (Å²) in [5, 5.41) is 21.9. The monoisotopic (exact) mass is 510 g/mol. The van der Waals surface area contributed by atoms with E-state index >= 15 is 0 Å². The third kappa shape index (κ3) is 4.87. The molecule has 0 fully saturated rings. The number of hydrogen-bond donors (Lipinski definition) is 2. The minimum atomic E-state index is -1.16. The lowest BCUT2D eigenvalue weighted by Crippen LogP contribution is -2.21. The molecule has 0 aliphatic carbocycles. The second-order valence-electron chi connectivity index (χ2n) is 8.29. The van der Waals surface area contributed by atoms with E-state index in [1.807, 2.05) is 6.92 Å². The van der Waals surface area contributed by atoms with Crippen LogP contribution in [-0.4, -0.2) is 40.8 Å². The number of phenolic OH excluding ortho intramolecular Hbond substituents is 2. The second-order valence-corrected chi connectivity index (χ2v) is 8.29. The van der Waals surface area contributed by atoms with Crippen molar-refractivity contribution in [3.8, 4) is 17.2 Å². The number of phenols is 2. The van der Waals surface area contributed by atoms with Gasteiger partial charge in [0.1, 0.15) is 0 Å². The van der Waals surface area contributed by atoms with Gasteiger partial charge in [-0.15, -0.1) is 0 Å². The van der Waals surface area contributed by atoms with Crippen molar-refractivity contribution in [2.24, 2.45) is 0 Å². The molecule has 4 aromatic carbocycles. The Morgan fingerprint density at radius 2 is 1.08 bits per heavy atom. The maximum absolute atomic E-state index is 13.8. The van der Waals surface area contributed by atoms with Crippen LogP contribution in [0.4, 0.5) is 0 Å². The summed E-state index contributed by atoms with van der Waals surface area (Å²) >= 11 is 0. The topological polar surface area (TPSA) is 127 Å². The third-order valence-corrected chi connectivity index (χ3v) is 5.80. The molecule has 0 heterocycles. The first kappa shape index (κ1) is 25.8. The fraction of sp³-hybridized carbons (Fsp3) is 0.0667. The molecule has 190 valence electrons. The molecule has 0 aliphatic heterocycles. The van der Waals surface area contributed by atoms with Crippen molar-refractivity contribution in [3.05, 3.63) is 124 Å². The van der Waals surface area contributed by atoms with Crippen molar-refractivity contribution >= 4 is 23.5 Å². The smallest absolute Gasteiger partial charge is 0.343 e. The number of esters is 2. The van der Waals surface area contributed by atoms with E-state index < -0.39 is 57.4 Å². The summed E-state index contributed by atoms with van der Waals surface area (Å²) < 4.78 is 10.3. The minimum absolute atomic E-state index is 0.0649. The normalized spacial score (nSPS) is 10.5. The SMILES string of the molecule is COC(=O)c1c(C(=O)c2ccccc2)c(O)c(O)c(OC(=O)c2ccccc2)c1C(=O)c1ccc(C)cc1. The summed E-state index contributed by atoms with van der Waals surface area (Å²) in [5.74, 6) is -6.74. The highest BCUT2D eigenvalue weighted by Gasteiger charge is 2.37. The van der Waals surface area contributed by atoms with Crippen molar-refractivity contribution < 1.29 is 38.9 Å². The molecule has 4 aromatic rings. The number of carbonyl (C=O) groups is 4. The van der Waals surface area contributed by atoms with Crippen molar-refractivity contribution in [3.63, 3.8) is 0 Å². The lowest BCUT2D eigenvalue weighted by atomic mass is 9.88. The molecule has 8 heteroatoms. The predicted octanol–water partition coefficient (Wildman–Crippen LogP) is 4.87. The van der Waals surface area contributed by atoms with E-state index in [-0.39, 0.29) is 16.7 Å². The number of ketones is 2. The summed E-state index contributed by atoms with van der Waals surface area (Å²) in [6.45, 7) is 1.81. The van der Waals surface area contributed by atoms with Gasteiger partial charge in [0.25, 0.3) is 0 Å². The summed E-state index contributed by atoms with van der Waals surface area (Å²) in [6, 6.07) is 21.6. The first-order chi connectivity index (χ1) is 18.2. The Kier molecular flexibility index (Phi) is 7.34. The zero-order valence-electron chi connectivity index (χ0n) is 20.4. The predicted molar refractivity (Wildman–Crippen MR) is 137 cm³/mol. The fourth-order valence-corrected chi connectivity index (χ4v) is 3.85. The Bertz CT molecular complexity index is 1540. The Morgan fingerprint density at radius 3 is 1.63 bits per heavy atom. The highest BCUT2D eigenvalue weighted by molar-refractivity contribution is 6.24. The third-order valence-electron chi connectivity index (χ3n) is 5.80. The minimum Gasteiger partial charge on any atom is -0.504 e. The van der Waals surface area contributed by atoms with Crippen LogP contribution in [0.2, 0.25) is 0 Å². The van der Waals surface area contributed by atoms with E-state index in [2.05, 4.69) is 0 Å². The van der Waals surface area contributed by atoms with Crippen LogP contribution in [-0.2, 0) is 4.74 Å². The lowest BCUT2D eigenvalue weighted by Gasteiger charge is -2.19. The molecule has 8 nitrogen and oxygen atoms in total. The standard InChI is InChI=1S/C30H22O8/c1-17-13-15-19(16-14-17)25(32)23-21(30(36)37-2)22(24(31)18-9-5-3-6-10-18)26(33)27(34)28(23)38-29(35)20-11-7-4-8-12-20/h3-16,33-34H,1-2H3. The molecule has 2 N–H and O–H groups in total. The summed E-state index contributed by atoms with van der Waals surface area (Å²) in [6.07, 6.45) is 0. The molecule has 38 heavy (non-hydrogen) atoms. The summed E-state index contributed by atoms with van der Waals surface area (Å²) in [7, 11) is 1.03. The molecule has 0 unspecified atom stereocenters. The Labute approximate surface area is 217 Å². The second kappa shape index (κ2) is 10.8. The van der Waals surface area contributed by atoms with Crippen molar-refractivity contribution in [1.82, 2.24) is 0 Å². The van der Waals surface area contributed by atoms with Crippen LogP contribution in [0.15, 0.2) is 84.9 Å². The largest absolute Gasteiger partial charge is 0.504 e. The van der Waals surface area contributed by atoms with Crippen LogP contribution >= 0.6 is 0 Å². The van der Waals surface area contributed by atoms with Crippen molar-refractivity contribution in [2.75, 3.05) is 7.11 Å². The van der Waals surface area contributed by atoms with E-state index in [9.17, 15) is 29.4 Å². The maximum Gasteiger partial charge on any atom is 0.343 e. The van der Waals surface area contributed by atoms with E-state index in [1.165, 1.54) is 36.4 Å². The molecule has 0 atom stereocenters. The highest BCUT2D eigenvalue weighted by atomic mass is 16.5. The van der Waals surface area contributed by atoms with Gasteiger partial charge in [0.15, 0.2) is 23.1 Å². The van der Waals surface area contributed by atoms with Gasteiger partial charge in [0.05, 0.1) is 29.4 Å². The molecular formula is C30H22O8. The molecule has 0 aliphatic rings. The average Bonchev–Trinajstić information content (AvgIpc) is 2.95. The van der Waals surface area contributed by atoms with Gasteiger partial charge in [-0.3, -0.25) is 9.59 Å². The zero-order valence-corrected chi connectivity index (χ0v) is 20.4. The molecule has 0 saturated heterocycles. The lowest BCUT2D eigenvalue weighted by molar-refractivity contribution is 0.0589. The zero-order chi connectivity index (χ0) is 27.4. The number of methoxy groups -OCH3 is 1. The van der Waals surface area contributed by atoms with Crippen LogP contribution in [0.5, 0.6) is 17.2 Å². The first-order valence-electron chi connectivity index (χ1n) is 11.4. The first-order valence-corrected chi connectivity index (χ1v) is 11.4. The van der Waals surface area contributed by atoms with E-state index in [4.69, 9.17) is 9.47 Å². The van der Waals surface area contributed by atoms with Crippen molar-refractivity contribution in [1.29, 1.82) is 0 Å². The fourth-order valence-electron chi connectivity index (χ4n) is 3.85. The van der Waals surface area contributed by atoms with E-state index in [1.54, 1.807) is 48.5 Å². The average molecular weight is 510 g/mol. The number of benzene rings is 4. The quantitative estimate of drug-likeness (QED) is 0.156. The molecule has 0 bridgehead atoms. The number of carbonyl (C=O) groups excluding carboxylic acids is 4. The summed E-state index contributed by atoms with van der Waals surface area (Å²) in [5.41, 5.74) is -0.882. The van der Waals surface area contributed by atoms with E-state index in [0.29, 0.717) is 0 Å². The Balaban J connectivity index is 2.04. The number of hydrogen-bond acceptors (Lipinski definition) is 8. The number of aryl methyl sites for hydroxylation is 1.